The van der Waals surface area contributed by atoms with Crippen molar-refractivity contribution >= 4 is 11.9 Å². The monoisotopic (exact) mass is 281 g/mol. The second kappa shape index (κ2) is 8.92. The van der Waals surface area contributed by atoms with Crippen LogP contribution < -0.4 is 10.1 Å². The third kappa shape index (κ3) is 5.71. The molecule has 0 spiro atoms. The summed E-state index contributed by atoms with van der Waals surface area (Å²) in [6.45, 7) is 2.90. The van der Waals surface area contributed by atoms with Crippen LogP contribution >= 0.6 is 0 Å². The summed E-state index contributed by atoms with van der Waals surface area (Å²) in [6.07, 6.45) is 0. The van der Waals surface area contributed by atoms with Gasteiger partial charge in [0.25, 0.3) is 5.91 Å². The van der Waals surface area contributed by atoms with Crippen molar-refractivity contribution in [3.05, 3.63) is 29.8 Å². The highest BCUT2D eigenvalue weighted by molar-refractivity contribution is 5.89. The van der Waals surface area contributed by atoms with Crippen LogP contribution in [-0.2, 0) is 14.3 Å². The Morgan fingerprint density at radius 3 is 2.50 bits per heavy atom. The fourth-order valence-electron chi connectivity index (χ4n) is 1.39. The predicted octanol–water partition coefficient (Wildman–Crippen LogP) is 1.00. The maximum absolute atomic E-state index is 11.4. The highest BCUT2D eigenvalue weighted by Gasteiger charge is 2.07. The number of ether oxygens (including phenoxy) is 3. The van der Waals surface area contributed by atoms with Gasteiger partial charge in [0.2, 0.25) is 0 Å². The van der Waals surface area contributed by atoms with E-state index < -0.39 is 0 Å². The van der Waals surface area contributed by atoms with Gasteiger partial charge in [0.1, 0.15) is 5.75 Å². The van der Waals surface area contributed by atoms with E-state index in [2.05, 4.69) is 5.32 Å². The lowest BCUT2D eigenvalue weighted by atomic mass is 10.2. The fourth-order valence-corrected chi connectivity index (χ4v) is 1.39. The van der Waals surface area contributed by atoms with Gasteiger partial charge < -0.3 is 19.5 Å². The van der Waals surface area contributed by atoms with Crippen LogP contribution in [0.2, 0.25) is 0 Å². The van der Waals surface area contributed by atoms with Crippen molar-refractivity contribution in [3.8, 4) is 5.75 Å². The quantitative estimate of drug-likeness (QED) is 0.568. The number of hydrogen-bond donors (Lipinski definition) is 1. The molecule has 1 N–H and O–H groups in total. The second-order valence-corrected chi connectivity index (χ2v) is 3.88. The van der Waals surface area contributed by atoms with Gasteiger partial charge in [0.15, 0.2) is 6.61 Å². The Bertz CT molecular complexity index is 430. The van der Waals surface area contributed by atoms with Crippen molar-refractivity contribution in [3.63, 3.8) is 0 Å². The lowest BCUT2D eigenvalue weighted by molar-refractivity contribution is -0.123. The van der Waals surface area contributed by atoms with E-state index in [-0.39, 0.29) is 18.5 Å². The zero-order valence-corrected chi connectivity index (χ0v) is 11.7. The summed E-state index contributed by atoms with van der Waals surface area (Å²) in [4.78, 5) is 22.8. The van der Waals surface area contributed by atoms with E-state index in [1.165, 1.54) is 0 Å². The van der Waals surface area contributed by atoms with Crippen LogP contribution in [0.3, 0.4) is 0 Å². The summed E-state index contributed by atoms with van der Waals surface area (Å²) < 4.78 is 15.0. The van der Waals surface area contributed by atoms with Gasteiger partial charge in [-0.25, -0.2) is 4.79 Å². The van der Waals surface area contributed by atoms with E-state index >= 15 is 0 Å². The first-order valence-electron chi connectivity index (χ1n) is 6.33. The Balaban J connectivity index is 2.38. The van der Waals surface area contributed by atoms with Gasteiger partial charge >= 0.3 is 5.97 Å². The summed E-state index contributed by atoms with van der Waals surface area (Å²) in [6, 6.07) is 6.43. The number of amides is 1. The molecular weight excluding hydrogens is 262 g/mol. The van der Waals surface area contributed by atoms with E-state index in [4.69, 9.17) is 14.2 Å². The number of carbonyl (C=O) groups excluding carboxylic acids is 2. The molecule has 1 rings (SSSR count). The van der Waals surface area contributed by atoms with Crippen molar-refractivity contribution in [1.82, 2.24) is 5.32 Å². The Morgan fingerprint density at radius 1 is 1.20 bits per heavy atom. The predicted molar refractivity (Wildman–Crippen MR) is 72.8 cm³/mol. The van der Waals surface area contributed by atoms with Crippen LogP contribution in [0.5, 0.6) is 5.75 Å². The highest BCUT2D eigenvalue weighted by atomic mass is 16.5. The summed E-state index contributed by atoms with van der Waals surface area (Å²) >= 11 is 0. The van der Waals surface area contributed by atoms with Crippen LogP contribution in [-0.4, -0.2) is 45.4 Å². The molecule has 0 aromatic heterocycles. The van der Waals surface area contributed by atoms with Gasteiger partial charge in [-0.05, 0) is 31.2 Å². The van der Waals surface area contributed by atoms with E-state index in [0.717, 1.165) is 0 Å². The van der Waals surface area contributed by atoms with Crippen LogP contribution in [0.1, 0.15) is 17.3 Å². The second-order valence-electron chi connectivity index (χ2n) is 3.88. The van der Waals surface area contributed by atoms with Crippen LogP contribution in [0.4, 0.5) is 0 Å². The third-order valence-electron chi connectivity index (χ3n) is 2.36. The van der Waals surface area contributed by atoms with Crippen molar-refractivity contribution in [2.75, 3.05) is 33.5 Å². The number of esters is 1. The minimum atomic E-state index is -0.378. The molecule has 0 aliphatic rings. The molecule has 0 aliphatic carbocycles. The molecule has 6 heteroatoms. The molecule has 0 aliphatic heterocycles. The van der Waals surface area contributed by atoms with Crippen molar-refractivity contribution in [2.24, 2.45) is 0 Å². The first-order chi connectivity index (χ1) is 9.67. The van der Waals surface area contributed by atoms with Gasteiger partial charge in [0, 0.05) is 13.7 Å². The average molecular weight is 281 g/mol. The fraction of sp³-hybridized carbons (Fsp3) is 0.429. The standard InChI is InChI=1S/C14H19NO5/c1-3-19-14(17)11-4-6-12(7-5-11)20-10-13(16)15-8-9-18-2/h4-7H,3,8-10H2,1-2H3,(H,15,16). The van der Waals surface area contributed by atoms with Crippen LogP contribution in [0, 0.1) is 0 Å². The molecule has 0 unspecified atom stereocenters. The van der Waals surface area contributed by atoms with Gasteiger partial charge in [-0.2, -0.15) is 0 Å². The summed E-state index contributed by atoms with van der Waals surface area (Å²) in [5.41, 5.74) is 0.448. The summed E-state index contributed by atoms with van der Waals surface area (Å²) in [5, 5.41) is 2.64. The van der Waals surface area contributed by atoms with E-state index in [1.54, 1.807) is 38.3 Å². The van der Waals surface area contributed by atoms with Crippen molar-refractivity contribution < 1.29 is 23.8 Å². The number of nitrogens with one attached hydrogen (secondary N) is 1. The molecular formula is C14H19NO5. The number of methoxy groups -OCH3 is 1. The maximum atomic E-state index is 11.4. The molecule has 20 heavy (non-hydrogen) atoms. The topological polar surface area (TPSA) is 73.9 Å². The molecule has 0 radical (unpaired) electrons. The zero-order valence-electron chi connectivity index (χ0n) is 11.7. The van der Waals surface area contributed by atoms with E-state index in [1.807, 2.05) is 0 Å². The van der Waals surface area contributed by atoms with E-state index in [0.29, 0.717) is 31.1 Å². The summed E-state index contributed by atoms with van der Waals surface area (Å²) in [7, 11) is 1.56. The lowest BCUT2D eigenvalue weighted by Gasteiger charge is -2.07. The first kappa shape index (κ1) is 16.0. The molecule has 0 saturated heterocycles. The smallest absolute Gasteiger partial charge is 0.338 e. The number of hydrogen-bond acceptors (Lipinski definition) is 5. The van der Waals surface area contributed by atoms with Crippen LogP contribution in [0.15, 0.2) is 24.3 Å². The van der Waals surface area contributed by atoms with E-state index in [9.17, 15) is 9.59 Å². The SMILES string of the molecule is CCOC(=O)c1ccc(OCC(=O)NCCOC)cc1. The highest BCUT2D eigenvalue weighted by Crippen LogP contribution is 2.12. The third-order valence-corrected chi connectivity index (χ3v) is 2.36. The zero-order chi connectivity index (χ0) is 14.8. The molecule has 6 nitrogen and oxygen atoms in total. The lowest BCUT2D eigenvalue weighted by Crippen LogP contribution is -2.31. The molecule has 110 valence electrons. The number of benzene rings is 1. The van der Waals surface area contributed by atoms with Gasteiger partial charge in [-0.3, -0.25) is 4.79 Å². The van der Waals surface area contributed by atoms with Gasteiger partial charge in [0.05, 0.1) is 18.8 Å². The van der Waals surface area contributed by atoms with Crippen LogP contribution in [0.25, 0.3) is 0 Å². The molecule has 0 saturated carbocycles. The van der Waals surface area contributed by atoms with Gasteiger partial charge in [-0.15, -0.1) is 0 Å². The molecule has 1 aromatic rings. The molecule has 1 amide bonds. The molecule has 0 atom stereocenters. The minimum absolute atomic E-state index is 0.0809. The average Bonchev–Trinajstić information content (AvgIpc) is 2.46. The Labute approximate surface area is 118 Å². The minimum Gasteiger partial charge on any atom is -0.484 e. The molecule has 0 heterocycles. The maximum Gasteiger partial charge on any atom is 0.338 e. The molecule has 0 bridgehead atoms. The van der Waals surface area contributed by atoms with Crippen molar-refractivity contribution in [2.45, 2.75) is 6.92 Å². The summed E-state index contributed by atoms with van der Waals surface area (Å²) in [5.74, 6) is -0.0900. The Hall–Kier alpha value is -2.08. The number of rotatable bonds is 8. The molecule has 1 aromatic carbocycles. The normalized spacial score (nSPS) is 9.90. The first-order valence-corrected chi connectivity index (χ1v) is 6.33. The number of carbonyl (C=O) groups is 2. The molecule has 0 fully saturated rings. The largest absolute Gasteiger partial charge is 0.484 e. The Kier molecular flexibility index (Phi) is 7.13. The van der Waals surface area contributed by atoms with Crippen molar-refractivity contribution in [1.29, 1.82) is 0 Å². The van der Waals surface area contributed by atoms with Gasteiger partial charge in [-0.1, -0.05) is 0 Å². The Morgan fingerprint density at radius 2 is 1.90 bits per heavy atom.